The van der Waals surface area contributed by atoms with Gasteiger partial charge in [0.25, 0.3) is 0 Å². The highest BCUT2D eigenvalue weighted by Gasteiger charge is 2.35. The average molecular weight is 310 g/mol. The first-order chi connectivity index (χ1) is 9.34. The van der Waals surface area contributed by atoms with E-state index in [0.717, 1.165) is 25.7 Å². The number of nitrogens with zero attached hydrogens (tertiary/aromatic N) is 2. The molecule has 112 valence electrons. The van der Waals surface area contributed by atoms with Crippen molar-refractivity contribution in [2.45, 2.75) is 38.0 Å². The number of aliphatic hydroxyl groups excluding tert-OH is 1. The summed E-state index contributed by atoms with van der Waals surface area (Å²) in [5, 5.41) is 12.0. The zero-order chi connectivity index (χ0) is 14.8. The number of aromatic nitrogens is 2. The standard InChI is InChI=1S/C12H15ClF3N3O/c13-9-5-10(19-11(18-9)12(14,15)16)17-6-7-1-3-8(20)4-2-7/h5,7-8,20H,1-4,6H2,(H,17,18,19). The van der Waals surface area contributed by atoms with Crippen LogP contribution in [0.1, 0.15) is 31.5 Å². The van der Waals surface area contributed by atoms with Gasteiger partial charge in [0.1, 0.15) is 11.0 Å². The lowest BCUT2D eigenvalue weighted by atomic mass is 9.87. The van der Waals surface area contributed by atoms with Gasteiger partial charge < -0.3 is 10.4 Å². The minimum absolute atomic E-state index is 0.0726. The molecule has 1 aromatic heterocycles. The Kier molecular flexibility index (Phi) is 4.70. The van der Waals surface area contributed by atoms with Gasteiger partial charge in [-0.1, -0.05) is 11.6 Å². The molecule has 20 heavy (non-hydrogen) atoms. The van der Waals surface area contributed by atoms with E-state index in [1.54, 1.807) is 0 Å². The number of hydrogen-bond acceptors (Lipinski definition) is 4. The van der Waals surface area contributed by atoms with Crippen molar-refractivity contribution in [1.29, 1.82) is 0 Å². The molecule has 1 fully saturated rings. The molecular weight excluding hydrogens is 295 g/mol. The fourth-order valence-electron chi connectivity index (χ4n) is 2.23. The number of halogens is 4. The number of hydrogen-bond donors (Lipinski definition) is 2. The summed E-state index contributed by atoms with van der Waals surface area (Å²) in [5.74, 6) is -0.850. The van der Waals surface area contributed by atoms with Crippen LogP contribution in [0.3, 0.4) is 0 Å². The lowest BCUT2D eigenvalue weighted by molar-refractivity contribution is -0.144. The maximum Gasteiger partial charge on any atom is 0.451 e. The summed E-state index contributed by atoms with van der Waals surface area (Å²) in [6.07, 6.45) is -1.72. The smallest absolute Gasteiger partial charge is 0.393 e. The molecule has 2 N–H and O–H groups in total. The molecule has 0 bridgehead atoms. The van der Waals surface area contributed by atoms with Gasteiger partial charge in [0.05, 0.1) is 6.10 Å². The SMILES string of the molecule is OC1CCC(CNc2cc(Cl)nc(C(F)(F)F)n2)CC1. The van der Waals surface area contributed by atoms with Crippen molar-refractivity contribution in [3.8, 4) is 0 Å². The van der Waals surface area contributed by atoms with Gasteiger partial charge >= 0.3 is 6.18 Å². The van der Waals surface area contributed by atoms with Crippen LogP contribution in [0.2, 0.25) is 5.15 Å². The van der Waals surface area contributed by atoms with Crippen molar-refractivity contribution in [2.24, 2.45) is 5.92 Å². The first-order valence-electron chi connectivity index (χ1n) is 6.38. The highest BCUT2D eigenvalue weighted by atomic mass is 35.5. The summed E-state index contributed by atoms with van der Waals surface area (Å²) in [6, 6.07) is 1.27. The van der Waals surface area contributed by atoms with Crippen molar-refractivity contribution in [3.63, 3.8) is 0 Å². The summed E-state index contributed by atoms with van der Waals surface area (Å²) in [5.41, 5.74) is 0. The molecule has 1 aliphatic carbocycles. The second-order valence-corrected chi connectivity index (χ2v) is 5.34. The van der Waals surface area contributed by atoms with Crippen LogP contribution < -0.4 is 5.32 Å². The van der Waals surface area contributed by atoms with Crippen LogP contribution in [-0.4, -0.2) is 27.7 Å². The van der Waals surface area contributed by atoms with Gasteiger partial charge in [-0.2, -0.15) is 13.2 Å². The van der Waals surface area contributed by atoms with Gasteiger partial charge in [-0.25, -0.2) is 9.97 Å². The van der Waals surface area contributed by atoms with E-state index in [1.807, 2.05) is 0 Å². The van der Waals surface area contributed by atoms with Gasteiger partial charge in [0, 0.05) is 12.6 Å². The predicted octanol–water partition coefficient (Wildman–Crippen LogP) is 3.11. The average Bonchev–Trinajstić information content (AvgIpc) is 2.36. The highest BCUT2D eigenvalue weighted by Crippen LogP contribution is 2.29. The third-order valence-corrected chi connectivity index (χ3v) is 3.53. The van der Waals surface area contributed by atoms with E-state index in [0.29, 0.717) is 12.5 Å². The molecule has 1 heterocycles. The third-order valence-electron chi connectivity index (χ3n) is 3.34. The molecule has 1 saturated carbocycles. The largest absolute Gasteiger partial charge is 0.451 e. The molecule has 0 radical (unpaired) electrons. The quantitative estimate of drug-likeness (QED) is 0.842. The topological polar surface area (TPSA) is 58.0 Å². The Hall–Kier alpha value is -1.08. The summed E-state index contributed by atoms with van der Waals surface area (Å²) in [6.45, 7) is 0.511. The van der Waals surface area contributed by atoms with Crippen molar-refractivity contribution in [1.82, 2.24) is 9.97 Å². The number of nitrogens with one attached hydrogen (secondary N) is 1. The summed E-state index contributed by atoms with van der Waals surface area (Å²) >= 11 is 5.57. The molecule has 0 aliphatic heterocycles. The molecule has 1 aliphatic rings. The van der Waals surface area contributed by atoms with Crippen LogP contribution in [0.4, 0.5) is 19.0 Å². The zero-order valence-electron chi connectivity index (χ0n) is 10.6. The summed E-state index contributed by atoms with van der Waals surface area (Å²) < 4.78 is 37.6. The molecule has 2 rings (SSSR count). The van der Waals surface area contributed by atoms with Crippen molar-refractivity contribution < 1.29 is 18.3 Å². The zero-order valence-corrected chi connectivity index (χ0v) is 11.4. The van der Waals surface area contributed by atoms with Crippen LogP contribution in [0, 0.1) is 5.92 Å². The first-order valence-corrected chi connectivity index (χ1v) is 6.76. The molecule has 4 nitrogen and oxygen atoms in total. The number of anilines is 1. The number of aliphatic hydroxyl groups is 1. The lowest BCUT2D eigenvalue weighted by Gasteiger charge is -2.25. The van der Waals surface area contributed by atoms with E-state index in [2.05, 4.69) is 15.3 Å². The van der Waals surface area contributed by atoms with E-state index in [4.69, 9.17) is 11.6 Å². The molecule has 0 amide bonds. The van der Waals surface area contributed by atoms with Crippen molar-refractivity contribution in [2.75, 3.05) is 11.9 Å². The van der Waals surface area contributed by atoms with E-state index in [9.17, 15) is 18.3 Å². The van der Waals surface area contributed by atoms with Gasteiger partial charge in [-0.05, 0) is 31.6 Å². The Labute approximate surface area is 119 Å². The fourth-order valence-corrected chi connectivity index (χ4v) is 2.42. The van der Waals surface area contributed by atoms with E-state index in [1.165, 1.54) is 6.07 Å². The molecule has 0 aromatic carbocycles. The minimum atomic E-state index is -4.61. The molecule has 1 aromatic rings. The van der Waals surface area contributed by atoms with E-state index in [-0.39, 0.29) is 17.1 Å². The van der Waals surface area contributed by atoms with Crippen LogP contribution in [0.5, 0.6) is 0 Å². The first kappa shape index (κ1) is 15.3. The minimum Gasteiger partial charge on any atom is -0.393 e. The van der Waals surface area contributed by atoms with Gasteiger partial charge in [0.2, 0.25) is 5.82 Å². The van der Waals surface area contributed by atoms with Gasteiger partial charge in [0.15, 0.2) is 0 Å². The van der Waals surface area contributed by atoms with Crippen molar-refractivity contribution >= 4 is 17.4 Å². The molecule has 0 atom stereocenters. The van der Waals surface area contributed by atoms with E-state index >= 15 is 0 Å². The maximum absolute atomic E-state index is 12.5. The highest BCUT2D eigenvalue weighted by molar-refractivity contribution is 6.29. The Morgan fingerprint density at radius 1 is 1.25 bits per heavy atom. The van der Waals surface area contributed by atoms with E-state index < -0.39 is 12.0 Å². The Balaban J connectivity index is 1.97. The molecule has 0 spiro atoms. The summed E-state index contributed by atoms with van der Waals surface area (Å²) in [4.78, 5) is 6.59. The van der Waals surface area contributed by atoms with Crippen LogP contribution in [-0.2, 0) is 6.18 Å². The third kappa shape index (κ3) is 4.21. The van der Waals surface area contributed by atoms with Crippen LogP contribution >= 0.6 is 11.6 Å². The van der Waals surface area contributed by atoms with Crippen LogP contribution in [0.15, 0.2) is 6.07 Å². The van der Waals surface area contributed by atoms with Crippen LogP contribution in [0.25, 0.3) is 0 Å². The maximum atomic E-state index is 12.5. The molecular formula is C12H15ClF3N3O. The molecule has 8 heteroatoms. The van der Waals surface area contributed by atoms with Gasteiger partial charge in [-0.3, -0.25) is 0 Å². The van der Waals surface area contributed by atoms with Crippen molar-refractivity contribution in [3.05, 3.63) is 17.0 Å². The second-order valence-electron chi connectivity index (χ2n) is 4.95. The Morgan fingerprint density at radius 2 is 1.90 bits per heavy atom. The van der Waals surface area contributed by atoms with Gasteiger partial charge in [-0.15, -0.1) is 0 Å². The predicted molar refractivity (Wildman–Crippen MR) is 68.5 cm³/mol. The Morgan fingerprint density at radius 3 is 2.50 bits per heavy atom. The monoisotopic (exact) mass is 309 g/mol. The number of rotatable bonds is 3. The molecule has 0 saturated heterocycles. The second kappa shape index (κ2) is 6.13. The summed E-state index contributed by atoms with van der Waals surface area (Å²) in [7, 11) is 0. The molecule has 0 unspecified atom stereocenters. The lowest BCUT2D eigenvalue weighted by Crippen LogP contribution is -2.24. The normalized spacial score (nSPS) is 23.6. The number of alkyl halides is 3. The fraction of sp³-hybridized carbons (Fsp3) is 0.667. The Bertz CT molecular complexity index is 462.